The third-order valence-electron chi connectivity index (χ3n) is 6.91. The van der Waals surface area contributed by atoms with Gasteiger partial charge in [-0.2, -0.15) is 4.31 Å². The maximum absolute atomic E-state index is 13.3. The molecule has 0 bridgehead atoms. The van der Waals surface area contributed by atoms with E-state index in [1.165, 1.54) is 0 Å². The minimum Gasteiger partial charge on any atom is -0.381 e. The van der Waals surface area contributed by atoms with Gasteiger partial charge < -0.3 is 15.0 Å². The molecule has 176 valence electrons. The Morgan fingerprint density at radius 2 is 1.88 bits per heavy atom. The van der Waals surface area contributed by atoms with Gasteiger partial charge in [0, 0.05) is 43.8 Å². The summed E-state index contributed by atoms with van der Waals surface area (Å²) < 4.78 is 33.6. The highest BCUT2D eigenvalue weighted by Crippen LogP contribution is 2.30. The second-order valence-corrected chi connectivity index (χ2v) is 11.6. The fraction of sp³-hybridized carbons (Fsp3) is 0.625. The van der Waals surface area contributed by atoms with E-state index in [2.05, 4.69) is 24.1 Å². The number of piperidine rings is 1. The van der Waals surface area contributed by atoms with Gasteiger partial charge in [-0.3, -0.25) is 4.79 Å². The number of H-pyrrole nitrogens is 1. The molecule has 3 heterocycles. The summed E-state index contributed by atoms with van der Waals surface area (Å²) in [5.41, 5.74) is 2.05. The molecular formula is C24H35N3O4S. The Labute approximate surface area is 190 Å². The van der Waals surface area contributed by atoms with E-state index in [4.69, 9.17) is 4.74 Å². The van der Waals surface area contributed by atoms with Gasteiger partial charge in [0.25, 0.3) is 5.91 Å². The van der Waals surface area contributed by atoms with Crippen LogP contribution in [0.25, 0.3) is 10.9 Å². The number of sulfonamides is 1. The van der Waals surface area contributed by atoms with E-state index in [0.29, 0.717) is 48.0 Å². The molecule has 2 saturated heterocycles. The zero-order valence-electron chi connectivity index (χ0n) is 19.3. The van der Waals surface area contributed by atoms with Crippen LogP contribution < -0.4 is 5.32 Å². The molecule has 2 aliphatic rings. The third kappa shape index (κ3) is 4.87. The molecule has 4 rings (SSSR count). The number of nitrogens with one attached hydrogen (secondary N) is 2. The third-order valence-corrected chi connectivity index (χ3v) is 8.74. The molecule has 2 N–H and O–H groups in total. The summed E-state index contributed by atoms with van der Waals surface area (Å²) in [7, 11) is -3.57. The van der Waals surface area contributed by atoms with E-state index in [1.54, 1.807) is 22.5 Å². The van der Waals surface area contributed by atoms with Gasteiger partial charge in [-0.15, -0.1) is 0 Å². The van der Waals surface area contributed by atoms with Crippen LogP contribution in [0.1, 0.15) is 55.6 Å². The number of fused-ring (bicyclic) bond motifs is 1. The normalized spacial score (nSPS) is 23.5. The molecule has 0 aliphatic carbocycles. The zero-order chi connectivity index (χ0) is 22.9. The monoisotopic (exact) mass is 461 g/mol. The van der Waals surface area contributed by atoms with Crippen LogP contribution in [0.3, 0.4) is 0 Å². The van der Waals surface area contributed by atoms with Gasteiger partial charge in [-0.1, -0.05) is 13.8 Å². The van der Waals surface area contributed by atoms with E-state index in [9.17, 15) is 13.2 Å². The number of nitrogens with zero attached hydrogens (tertiary/aromatic N) is 1. The van der Waals surface area contributed by atoms with Crippen molar-refractivity contribution in [3.8, 4) is 0 Å². The quantitative estimate of drug-likeness (QED) is 0.686. The number of aromatic nitrogens is 1. The first-order chi connectivity index (χ1) is 15.3. The second kappa shape index (κ2) is 9.53. The molecule has 0 radical (unpaired) electrons. The number of aromatic amines is 1. The number of aryl methyl sites for hydroxylation is 1. The lowest BCUT2D eigenvalue weighted by atomic mass is 9.94. The van der Waals surface area contributed by atoms with E-state index in [1.807, 2.05) is 6.92 Å². The summed E-state index contributed by atoms with van der Waals surface area (Å²) in [6, 6.07) is 5.12. The Morgan fingerprint density at radius 3 is 2.56 bits per heavy atom. The lowest BCUT2D eigenvalue weighted by Crippen LogP contribution is -2.42. The van der Waals surface area contributed by atoms with E-state index >= 15 is 0 Å². The molecule has 2 fully saturated rings. The predicted octanol–water partition coefficient (Wildman–Crippen LogP) is 3.69. The van der Waals surface area contributed by atoms with Crippen molar-refractivity contribution in [2.24, 2.45) is 17.8 Å². The number of amides is 1. The number of rotatable bonds is 6. The molecule has 2 aliphatic heterocycles. The summed E-state index contributed by atoms with van der Waals surface area (Å²) in [4.78, 5) is 16.3. The fourth-order valence-corrected chi connectivity index (χ4v) is 6.86. The number of carbonyl (C=O) groups excluding carboxylic acids is 1. The van der Waals surface area contributed by atoms with Gasteiger partial charge in [-0.05, 0) is 74.1 Å². The van der Waals surface area contributed by atoms with Crippen molar-refractivity contribution in [3.05, 3.63) is 29.5 Å². The smallest absolute Gasteiger partial charge is 0.268 e. The van der Waals surface area contributed by atoms with Crippen molar-refractivity contribution >= 4 is 26.8 Å². The number of benzene rings is 1. The van der Waals surface area contributed by atoms with E-state index in [0.717, 1.165) is 55.4 Å². The molecule has 1 aromatic heterocycles. The van der Waals surface area contributed by atoms with Crippen LogP contribution in [0.2, 0.25) is 0 Å². The van der Waals surface area contributed by atoms with Crippen LogP contribution in [0, 0.1) is 24.7 Å². The number of hydrogen-bond donors (Lipinski definition) is 2. The minimum absolute atomic E-state index is 0.145. The van der Waals surface area contributed by atoms with Crippen LogP contribution in [-0.2, 0) is 14.8 Å². The topological polar surface area (TPSA) is 91.5 Å². The molecule has 8 heteroatoms. The largest absolute Gasteiger partial charge is 0.381 e. The SMILES string of the molecule is Cc1c(C(=O)NCCC2CCOCC2)[nH]c2ccc(S(=O)(=O)N3CC(C)CC(C)C3)cc12. The highest BCUT2D eigenvalue weighted by Gasteiger charge is 2.32. The highest BCUT2D eigenvalue weighted by molar-refractivity contribution is 7.89. The van der Waals surface area contributed by atoms with Crippen LogP contribution >= 0.6 is 0 Å². The van der Waals surface area contributed by atoms with Crippen molar-refractivity contribution < 1.29 is 17.9 Å². The minimum atomic E-state index is -3.57. The van der Waals surface area contributed by atoms with Crippen molar-refractivity contribution in [2.45, 2.75) is 51.3 Å². The van der Waals surface area contributed by atoms with Crippen LogP contribution in [0.5, 0.6) is 0 Å². The lowest BCUT2D eigenvalue weighted by molar-refractivity contribution is 0.0636. The molecule has 2 aromatic rings. The summed E-state index contributed by atoms with van der Waals surface area (Å²) in [6.07, 6.45) is 4.10. The van der Waals surface area contributed by atoms with E-state index < -0.39 is 10.0 Å². The van der Waals surface area contributed by atoms with Gasteiger partial charge in [0.15, 0.2) is 0 Å². The molecular weight excluding hydrogens is 426 g/mol. The predicted molar refractivity (Wildman–Crippen MR) is 125 cm³/mol. The Hall–Kier alpha value is -1.90. The first kappa shape index (κ1) is 23.3. The molecule has 32 heavy (non-hydrogen) atoms. The standard InChI is InChI=1S/C24H35N3O4S/c1-16-12-17(2)15-27(14-16)32(29,30)20-4-5-22-21(13-20)18(3)23(26-22)24(28)25-9-6-19-7-10-31-11-8-19/h4-5,13,16-17,19,26H,6-12,14-15H2,1-3H3,(H,25,28). The molecule has 7 nitrogen and oxygen atoms in total. The Bertz CT molecular complexity index is 1060. The van der Waals surface area contributed by atoms with Crippen molar-refractivity contribution in [2.75, 3.05) is 32.8 Å². The number of carbonyl (C=O) groups is 1. The highest BCUT2D eigenvalue weighted by atomic mass is 32.2. The van der Waals surface area contributed by atoms with Gasteiger partial charge in [0.2, 0.25) is 10.0 Å². The van der Waals surface area contributed by atoms with E-state index in [-0.39, 0.29) is 5.91 Å². The van der Waals surface area contributed by atoms with Crippen LogP contribution in [-0.4, -0.2) is 56.5 Å². The average Bonchev–Trinajstić information content (AvgIpc) is 3.10. The summed E-state index contributed by atoms with van der Waals surface area (Å²) in [5, 5.41) is 3.79. The number of hydrogen-bond acceptors (Lipinski definition) is 4. The first-order valence-corrected chi connectivity index (χ1v) is 13.2. The maximum Gasteiger partial charge on any atom is 0.268 e. The summed E-state index contributed by atoms with van der Waals surface area (Å²) >= 11 is 0. The van der Waals surface area contributed by atoms with Crippen molar-refractivity contribution in [3.63, 3.8) is 0 Å². The lowest BCUT2D eigenvalue weighted by Gasteiger charge is -2.34. The summed E-state index contributed by atoms with van der Waals surface area (Å²) in [5.74, 6) is 1.15. The fourth-order valence-electron chi connectivity index (χ4n) is 5.16. The average molecular weight is 462 g/mol. The Morgan fingerprint density at radius 1 is 1.19 bits per heavy atom. The zero-order valence-corrected chi connectivity index (χ0v) is 20.1. The van der Waals surface area contributed by atoms with Crippen LogP contribution in [0.15, 0.2) is 23.1 Å². The summed E-state index contributed by atoms with van der Waals surface area (Å²) in [6.45, 7) is 9.42. The molecule has 1 amide bonds. The maximum atomic E-state index is 13.3. The van der Waals surface area contributed by atoms with Crippen molar-refractivity contribution in [1.29, 1.82) is 0 Å². The molecule has 2 atom stereocenters. The van der Waals surface area contributed by atoms with Gasteiger partial charge >= 0.3 is 0 Å². The molecule has 2 unspecified atom stereocenters. The Balaban J connectivity index is 1.50. The second-order valence-electron chi connectivity index (χ2n) is 9.70. The van der Waals surface area contributed by atoms with Crippen molar-refractivity contribution in [1.82, 2.24) is 14.6 Å². The molecule has 0 spiro atoms. The molecule has 0 saturated carbocycles. The first-order valence-electron chi connectivity index (χ1n) is 11.7. The van der Waals surface area contributed by atoms with Gasteiger partial charge in [0.1, 0.15) is 5.69 Å². The Kier molecular flexibility index (Phi) is 6.93. The number of ether oxygens (including phenoxy) is 1. The van der Waals surface area contributed by atoms with Gasteiger partial charge in [0.05, 0.1) is 4.90 Å². The molecule has 1 aromatic carbocycles. The van der Waals surface area contributed by atoms with Gasteiger partial charge in [-0.25, -0.2) is 8.42 Å². The van der Waals surface area contributed by atoms with Crippen LogP contribution in [0.4, 0.5) is 0 Å².